The molecule has 1 aromatic carbocycles. The fourth-order valence-corrected chi connectivity index (χ4v) is 3.48. The number of rotatable bonds is 6. The monoisotopic (exact) mass is 339 g/mol. The number of piperidine rings is 1. The lowest BCUT2D eigenvalue weighted by molar-refractivity contribution is 0.132. The van der Waals surface area contributed by atoms with Crippen LogP contribution in [0.4, 0.5) is 4.39 Å². The maximum Gasteiger partial charge on any atom is 0.208 e. The lowest BCUT2D eigenvalue weighted by Crippen LogP contribution is -2.41. The molecule has 0 radical (unpaired) electrons. The first-order chi connectivity index (χ1) is 10.9. The van der Waals surface area contributed by atoms with Crippen LogP contribution in [0.25, 0.3) is 0 Å². The summed E-state index contributed by atoms with van der Waals surface area (Å²) in [6.07, 6.45) is 4.97. The van der Waals surface area contributed by atoms with Gasteiger partial charge in [0.2, 0.25) is 10.0 Å². The molecule has 5 nitrogen and oxygen atoms in total. The van der Waals surface area contributed by atoms with E-state index in [1.165, 1.54) is 12.1 Å². The summed E-state index contributed by atoms with van der Waals surface area (Å²) >= 11 is 0. The van der Waals surface area contributed by atoms with Crippen LogP contribution in [0.2, 0.25) is 0 Å². The fourth-order valence-electron chi connectivity index (χ4n) is 2.99. The Labute approximate surface area is 137 Å². The normalized spacial score (nSPS) is 19.4. The topological polar surface area (TPSA) is 73.2 Å². The molecule has 0 saturated carbocycles. The molecule has 1 aliphatic heterocycles. The van der Waals surface area contributed by atoms with Gasteiger partial charge in [-0.05, 0) is 44.0 Å². The van der Waals surface area contributed by atoms with Crippen molar-refractivity contribution in [3.63, 3.8) is 0 Å². The van der Waals surface area contributed by atoms with E-state index in [1.54, 1.807) is 6.07 Å². The van der Waals surface area contributed by atoms with E-state index in [0.29, 0.717) is 30.6 Å². The zero-order valence-corrected chi connectivity index (χ0v) is 14.1. The van der Waals surface area contributed by atoms with E-state index in [4.69, 9.17) is 5.26 Å². The molecule has 1 fully saturated rings. The second-order valence-corrected chi connectivity index (χ2v) is 7.83. The molecule has 1 aliphatic rings. The third-order valence-electron chi connectivity index (χ3n) is 4.14. The Morgan fingerprint density at radius 1 is 1.43 bits per heavy atom. The molecule has 1 saturated heterocycles. The highest BCUT2D eigenvalue weighted by Gasteiger charge is 2.23. The Balaban J connectivity index is 2.02. The standard InChI is InChI=1S/C16H22FN3O2S/c1-23(21,22)19-8-7-15-4-2-3-9-20(15)12-14-10-13(11-18)5-6-16(14)17/h5-6,10,15,19H,2-4,7-9,12H2,1H3/t15-/m1/s1. The van der Waals surface area contributed by atoms with Gasteiger partial charge in [0.05, 0.1) is 17.9 Å². The van der Waals surface area contributed by atoms with E-state index < -0.39 is 10.0 Å². The molecule has 126 valence electrons. The van der Waals surface area contributed by atoms with Crippen LogP contribution in [0, 0.1) is 17.1 Å². The zero-order valence-electron chi connectivity index (χ0n) is 13.3. The van der Waals surface area contributed by atoms with Gasteiger partial charge in [-0.15, -0.1) is 0 Å². The second kappa shape index (κ2) is 7.86. The molecule has 1 atom stereocenters. The van der Waals surface area contributed by atoms with Crippen molar-refractivity contribution in [2.45, 2.75) is 38.3 Å². The molecule has 1 N–H and O–H groups in total. The molecule has 0 aliphatic carbocycles. The van der Waals surface area contributed by atoms with Crippen LogP contribution in [0.15, 0.2) is 18.2 Å². The molecule has 1 aromatic rings. The van der Waals surface area contributed by atoms with Gasteiger partial charge >= 0.3 is 0 Å². The lowest BCUT2D eigenvalue weighted by atomic mass is 9.98. The Kier molecular flexibility index (Phi) is 6.10. The summed E-state index contributed by atoms with van der Waals surface area (Å²) in [5, 5.41) is 8.95. The number of hydrogen-bond donors (Lipinski definition) is 1. The van der Waals surface area contributed by atoms with Gasteiger partial charge in [0.25, 0.3) is 0 Å². The summed E-state index contributed by atoms with van der Waals surface area (Å²) in [7, 11) is -3.18. The Morgan fingerprint density at radius 2 is 2.22 bits per heavy atom. The highest BCUT2D eigenvalue weighted by atomic mass is 32.2. The average Bonchev–Trinajstić information content (AvgIpc) is 2.50. The van der Waals surface area contributed by atoms with Gasteiger partial charge in [0.1, 0.15) is 5.82 Å². The second-order valence-electron chi connectivity index (χ2n) is 5.99. The highest BCUT2D eigenvalue weighted by Crippen LogP contribution is 2.23. The van der Waals surface area contributed by atoms with Gasteiger partial charge in [-0.1, -0.05) is 6.42 Å². The average molecular weight is 339 g/mol. The van der Waals surface area contributed by atoms with E-state index in [0.717, 1.165) is 32.1 Å². The fraction of sp³-hybridized carbons (Fsp3) is 0.562. The van der Waals surface area contributed by atoms with Crippen molar-refractivity contribution in [1.82, 2.24) is 9.62 Å². The van der Waals surface area contributed by atoms with E-state index in [2.05, 4.69) is 9.62 Å². The number of likely N-dealkylation sites (tertiary alicyclic amines) is 1. The lowest BCUT2D eigenvalue weighted by Gasteiger charge is -2.36. The van der Waals surface area contributed by atoms with Crippen molar-refractivity contribution in [2.24, 2.45) is 0 Å². The number of nitriles is 1. The van der Waals surface area contributed by atoms with Crippen LogP contribution in [-0.2, 0) is 16.6 Å². The van der Waals surface area contributed by atoms with Crippen LogP contribution >= 0.6 is 0 Å². The van der Waals surface area contributed by atoms with Gasteiger partial charge in [-0.2, -0.15) is 5.26 Å². The molecule has 2 rings (SSSR count). The third-order valence-corrected chi connectivity index (χ3v) is 4.87. The van der Waals surface area contributed by atoms with Crippen molar-refractivity contribution >= 4 is 10.0 Å². The summed E-state index contributed by atoms with van der Waals surface area (Å²) in [5.41, 5.74) is 0.973. The van der Waals surface area contributed by atoms with Gasteiger partial charge in [0.15, 0.2) is 0 Å². The number of nitrogens with one attached hydrogen (secondary N) is 1. The van der Waals surface area contributed by atoms with Crippen molar-refractivity contribution < 1.29 is 12.8 Å². The summed E-state index contributed by atoms with van der Waals surface area (Å²) < 4.78 is 38.8. The van der Waals surface area contributed by atoms with Gasteiger partial charge < -0.3 is 0 Å². The Morgan fingerprint density at radius 3 is 2.91 bits per heavy atom. The van der Waals surface area contributed by atoms with Crippen molar-refractivity contribution in [3.05, 3.63) is 35.1 Å². The molecule has 0 bridgehead atoms. The molecule has 23 heavy (non-hydrogen) atoms. The predicted molar refractivity (Wildman–Crippen MR) is 86.6 cm³/mol. The first-order valence-electron chi connectivity index (χ1n) is 7.76. The van der Waals surface area contributed by atoms with Crippen LogP contribution in [0.1, 0.15) is 36.8 Å². The van der Waals surface area contributed by atoms with E-state index in [-0.39, 0.29) is 11.9 Å². The van der Waals surface area contributed by atoms with Crippen LogP contribution in [0.5, 0.6) is 0 Å². The minimum Gasteiger partial charge on any atom is -0.296 e. The summed E-state index contributed by atoms with van der Waals surface area (Å²) in [6.45, 7) is 1.70. The number of halogens is 1. The maximum absolute atomic E-state index is 14.0. The first kappa shape index (κ1) is 17.9. The van der Waals surface area contributed by atoms with E-state index in [9.17, 15) is 12.8 Å². The molecule has 7 heteroatoms. The smallest absolute Gasteiger partial charge is 0.208 e. The molecular formula is C16H22FN3O2S. The molecule has 1 heterocycles. The zero-order chi connectivity index (χ0) is 16.9. The van der Waals surface area contributed by atoms with Crippen LogP contribution in [0.3, 0.4) is 0 Å². The van der Waals surface area contributed by atoms with Crippen LogP contribution in [-0.4, -0.2) is 38.7 Å². The number of benzene rings is 1. The van der Waals surface area contributed by atoms with Crippen LogP contribution < -0.4 is 4.72 Å². The first-order valence-corrected chi connectivity index (χ1v) is 9.65. The molecular weight excluding hydrogens is 317 g/mol. The van der Waals surface area contributed by atoms with Gasteiger partial charge in [0, 0.05) is 24.7 Å². The highest BCUT2D eigenvalue weighted by molar-refractivity contribution is 7.88. The number of hydrogen-bond acceptors (Lipinski definition) is 4. The molecule has 0 unspecified atom stereocenters. The Hall–Kier alpha value is -1.49. The summed E-state index contributed by atoms with van der Waals surface area (Å²) in [5.74, 6) is -0.303. The minimum absolute atomic E-state index is 0.225. The van der Waals surface area contributed by atoms with Crippen molar-refractivity contribution in [1.29, 1.82) is 5.26 Å². The van der Waals surface area contributed by atoms with Crippen molar-refractivity contribution in [3.8, 4) is 6.07 Å². The number of nitrogens with zero attached hydrogens (tertiary/aromatic N) is 2. The third kappa shape index (κ3) is 5.57. The van der Waals surface area contributed by atoms with E-state index >= 15 is 0 Å². The van der Waals surface area contributed by atoms with Gasteiger partial charge in [-0.3, -0.25) is 4.90 Å². The quantitative estimate of drug-likeness (QED) is 0.860. The van der Waals surface area contributed by atoms with E-state index in [1.807, 2.05) is 6.07 Å². The predicted octanol–water partition coefficient (Wildman–Crippen LogP) is 1.99. The summed E-state index contributed by atoms with van der Waals surface area (Å²) in [4.78, 5) is 2.19. The maximum atomic E-state index is 14.0. The Bertz CT molecular complexity index is 685. The number of sulfonamides is 1. The van der Waals surface area contributed by atoms with Gasteiger partial charge in [-0.25, -0.2) is 17.5 Å². The van der Waals surface area contributed by atoms with Crippen molar-refractivity contribution in [2.75, 3.05) is 19.3 Å². The summed E-state index contributed by atoms with van der Waals surface area (Å²) in [6, 6.07) is 6.66. The molecule has 0 aromatic heterocycles. The molecule has 0 spiro atoms. The molecule has 0 amide bonds. The SMILES string of the molecule is CS(=O)(=O)NCC[C@H]1CCCCN1Cc1cc(C#N)ccc1F. The largest absolute Gasteiger partial charge is 0.296 e. The minimum atomic E-state index is -3.18.